The highest BCUT2D eigenvalue weighted by Crippen LogP contribution is 2.48. The standard InChI is InChI=1S/C31H22F2N2O6/c1-39-25-17-19(9-16-24(25)40-31(38)18-7-10-20(32)11-8-18)27-26-28(41-35(27)23-5-3-2-4-6-23)30(37)34(29(26)36)22-14-12-21(33)13-15-22/h2-17,26-28H,1H3. The third-order valence-electron chi connectivity index (χ3n) is 7.02. The van der Waals surface area contributed by atoms with Crippen LogP contribution >= 0.6 is 0 Å². The molecular formula is C31H22F2N2O6. The number of rotatable bonds is 6. The Hall–Kier alpha value is -5.09. The zero-order valence-electron chi connectivity index (χ0n) is 21.6. The van der Waals surface area contributed by atoms with Crippen LogP contribution in [-0.2, 0) is 14.4 Å². The third kappa shape index (κ3) is 4.68. The number of carbonyl (C=O) groups excluding carboxylic acids is 3. The van der Waals surface area contributed by atoms with Gasteiger partial charge in [-0.05, 0) is 78.4 Å². The Morgan fingerprint density at radius 1 is 0.780 bits per heavy atom. The minimum atomic E-state index is -1.13. The number of para-hydroxylation sites is 1. The molecule has 2 saturated heterocycles. The van der Waals surface area contributed by atoms with Crippen LogP contribution in [0.2, 0.25) is 0 Å². The molecule has 0 aromatic heterocycles. The van der Waals surface area contributed by atoms with Gasteiger partial charge in [-0.3, -0.25) is 14.4 Å². The third-order valence-corrected chi connectivity index (χ3v) is 7.02. The van der Waals surface area contributed by atoms with Crippen LogP contribution < -0.4 is 19.4 Å². The van der Waals surface area contributed by atoms with E-state index < -0.39 is 47.5 Å². The fourth-order valence-corrected chi connectivity index (χ4v) is 5.09. The van der Waals surface area contributed by atoms with E-state index in [9.17, 15) is 23.2 Å². The average Bonchev–Trinajstić information content (AvgIpc) is 3.50. The molecule has 0 radical (unpaired) electrons. The van der Waals surface area contributed by atoms with Gasteiger partial charge in [-0.25, -0.2) is 23.5 Å². The Labute approximate surface area is 233 Å². The second-order valence-corrected chi connectivity index (χ2v) is 9.45. The molecule has 3 unspecified atom stereocenters. The van der Waals surface area contributed by atoms with Gasteiger partial charge in [0.15, 0.2) is 17.6 Å². The number of imide groups is 1. The Morgan fingerprint density at radius 2 is 1.44 bits per heavy atom. The van der Waals surface area contributed by atoms with Crippen molar-refractivity contribution in [2.24, 2.45) is 5.92 Å². The van der Waals surface area contributed by atoms with Crippen LogP contribution in [-0.4, -0.2) is 31.0 Å². The largest absolute Gasteiger partial charge is 0.493 e. The van der Waals surface area contributed by atoms with E-state index in [2.05, 4.69) is 0 Å². The average molecular weight is 557 g/mol. The van der Waals surface area contributed by atoms with Gasteiger partial charge in [-0.1, -0.05) is 24.3 Å². The molecule has 2 aliphatic heterocycles. The number of halogens is 2. The van der Waals surface area contributed by atoms with Crippen molar-refractivity contribution in [1.82, 2.24) is 0 Å². The minimum absolute atomic E-state index is 0.106. The van der Waals surface area contributed by atoms with Crippen LogP contribution in [0, 0.1) is 17.6 Å². The molecule has 0 N–H and O–H groups in total. The second-order valence-electron chi connectivity index (χ2n) is 9.45. The Kier molecular flexibility index (Phi) is 6.68. The number of fused-ring (bicyclic) bond motifs is 1. The number of ether oxygens (including phenoxy) is 2. The molecule has 0 saturated carbocycles. The van der Waals surface area contributed by atoms with E-state index in [1.165, 1.54) is 54.6 Å². The van der Waals surface area contributed by atoms with E-state index in [-0.39, 0.29) is 22.7 Å². The zero-order valence-corrected chi connectivity index (χ0v) is 21.6. The number of esters is 1. The van der Waals surface area contributed by atoms with Crippen molar-refractivity contribution >= 4 is 29.2 Å². The normalized spacial score (nSPS) is 19.8. The summed E-state index contributed by atoms with van der Waals surface area (Å²) < 4.78 is 37.8. The number of amides is 2. The second kappa shape index (κ2) is 10.5. The van der Waals surface area contributed by atoms with E-state index >= 15 is 0 Å². The summed E-state index contributed by atoms with van der Waals surface area (Å²) >= 11 is 0. The number of benzene rings is 4. The molecule has 0 spiro atoms. The molecule has 3 atom stereocenters. The van der Waals surface area contributed by atoms with Gasteiger partial charge in [0.25, 0.3) is 5.91 Å². The first-order valence-corrected chi connectivity index (χ1v) is 12.7. The number of hydrogen-bond acceptors (Lipinski definition) is 7. The molecule has 4 aromatic rings. The lowest BCUT2D eigenvalue weighted by Gasteiger charge is -2.29. The SMILES string of the molecule is COc1cc(C2C3C(=O)N(c4ccc(F)cc4)C(=O)C3ON2c2ccccc2)ccc1OC(=O)c1ccc(F)cc1. The fraction of sp³-hybridized carbons (Fsp3) is 0.129. The highest BCUT2D eigenvalue weighted by molar-refractivity contribution is 6.23. The maximum absolute atomic E-state index is 13.8. The molecule has 2 amide bonds. The maximum atomic E-state index is 13.8. The lowest BCUT2D eigenvalue weighted by atomic mass is 9.90. The van der Waals surface area contributed by atoms with Gasteiger partial charge < -0.3 is 9.47 Å². The quantitative estimate of drug-likeness (QED) is 0.182. The smallest absolute Gasteiger partial charge is 0.343 e. The summed E-state index contributed by atoms with van der Waals surface area (Å²) in [4.78, 5) is 47.0. The molecule has 6 rings (SSSR count). The molecule has 206 valence electrons. The molecule has 2 heterocycles. The first-order valence-electron chi connectivity index (χ1n) is 12.7. The van der Waals surface area contributed by atoms with Gasteiger partial charge in [-0.15, -0.1) is 0 Å². The van der Waals surface area contributed by atoms with Crippen molar-refractivity contribution in [1.29, 1.82) is 0 Å². The van der Waals surface area contributed by atoms with Gasteiger partial charge in [0.05, 0.1) is 30.1 Å². The zero-order chi connectivity index (χ0) is 28.7. The molecule has 0 bridgehead atoms. The van der Waals surface area contributed by atoms with Gasteiger partial charge in [0, 0.05) is 0 Å². The molecule has 4 aromatic carbocycles. The van der Waals surface area contributed by atoms with Crippen molar-refractivity contribution in [3.05, 3.63) is 120 Å². The van der Waals surface area contributed by atoms with Gasteiger partial charge in [0.1, 0.15) is 17.6 Å². The van der Waals surface area contributed by atoms with Crippen LogP contribution in [0.1, 0.15) is 22.0 Å². The van der Waals surface area contributed by atoms with E-state index in [4.69, 9.17) is 14.3 Å². The van der Waals surface area contributed by atoms with Gasteiger partial charge in [-0.2, -0.15) is 0 Å². The van der Waals surface area contributed by atoms with E-state index in [1.807, 2.05) is 6.07 Å². The monoisotopic (exact) mass is 556 g/mol. The number of nitrogens with zero attached hydrogens (tertiary/aromatic N) is 2. The lowest BCUT2D eigenvalue weighted by Crippen LogP contribution is -2.37. The van der Waals surface area contributed by atoms with E-state index in [1.54, 1.807) is 36.4 Å². The number of anilines is 2. The van der Waals surface area contributed by atoms with Gasteiger partial charge in [0.2, 0.25) is 5.91 Å². The van der Waals surface area contributed by atoms with Crippen LogP contribution in [0.5, 0.6) is 11.5 Å². The Bertz CT molecular complexity index is 1630. The summed E-state index contributed by atoms with van der Waals surface area (Å²) in [5, 5.41) is 1.52. The highest BCUT2D eigenvalue weighted by Gasteiger charge is 2.60. The molecule has 10 heteroatoms. The summed E-state index contributed by atoms with van der Waals surface area (Å²) in [5.74, 6) is -3.39. The lowest BCUT2D eigenvalue weighted by molar-refractivity contribution is -0.126. The number of hydroxylamine groups is 1. The predicted octanol–water partition coefficient (Wildman–Crippen LogP) is 5.24. The first kappa shape index (κ1) is 26.1. The maximum Gasteiger partial charge on any atom is 0.343 e. The topological polar surface area (TPSA) is 85.4 Å². The van der Waals surface area contributed by atoms with Crippen molar-refractivity contribution < 1.29 is 37.5 Å². The van der Waals surface area contributed by atoms with Crippen LogP contribution in [0.4, 0.5) is 20.2 Å². The molecule has 2 fully saturated rings. The Balaban J connectivity index is 1.36. The van der Waals surface area contributed by atoms with Crippen LogP contribution in [0.15, 0.2) is 97.1 Å². The molecule has 0 aliphatic carbocycles. The molecular weight excluding hydrogens is 534 g/mol. The van der Waals surface area contributed by atoms with Crippen molar-refractivity contribution in [2.75, 3.05) is 17.1 Å². The summed E-state index contributed by atoms with van der Waals surface area (Å²) in [6.07, 6.45) is -1.13. The van der Waals surface area contributed by atoms with Crippen LogP contribution in [0.25, 0.3) is 0 Å². The van der Waals surface area contributed by atoms with Gasteiger partial charge >= 0.3 is 5.97 Å². The summed E-state index contributed by atoms with van der Waals surface area (Å²) in [7, 11) is 1.40. The van der Waals surface area contributed by atoms with Crippen molar-refractivity contribution in [3.8, 4) is 11.5 Å². The van der Waals surface area contributed by atoms with E-state index in [0.29, 0.717) is 11.3 Å². The van der Waals surface area contributed by atoms with E-state index in [0.717, 1.165) is 17.0 Å². The van der Waals surface area contributed by atoms with Crippen molar-refractivity contribution in [2.45, 2.75) is 12.1 Å². The summed E-state index contributed by atoms with van der Waals surface area (Å²) in [6.45, 7) is 0. The van der Waals surface area contributed by atoms with Crippen molar-refractivity contribution in [3.63, 3.8) is 0 Å². The molecule has 8 nitrogen and oxygen atoms in total. The minimum Gasteiger partial charge on any atom is -0.493 e. The highest BCUT2D eigenvalue weighted by atomic mass is 19.1. The van der Waals surface area contributed by atoms with Crippen LogP contribution in [0.3, 0.4) is 0 Å². The Morgan fingerprint density at radius 3 is 2.10 bits per heavy atom. The predicted molar refractivity (Wildman–Crippen MR) is 143 cm³/mol. The fourth-order valence-electron chi connectivity index (χ4n) is 5.09. The molecule has 2 aliphatic rings. The summed E-state index contributed by atoms with van der Waals surface area (Å²) in [5.41, 5.74) is 1.56. The number of hydrogen-bond donors (Lipinski definition) is 0. The number of carbonyl (C=O) groups is 3. The molecule has 41 heavy (non-hydrogen) atoms. The number of methoxy groups -OCH3 is 1. The first-order chi connectivity index (χ1) is 19.9. The summed E-state index contributed by atoms with van der Waals surface area (Å²) in [6, 6.07) is 23.0.